The quantitative estimate of drug-likeness (QED) is 0.0636. The first-order valence-corrected chi connectivity index (χ1v) is 44.7. The number of ketones is 2. The summed E-state index contributed by atoms with van der Waals surface area (Å²) >= 11 is 0. The van der Waals surface area contributed by atoms with Crippen molar-refractivity contribution in [2.45, 2.75) is 388 Å². The molecule has 0 radical (unpaired) electrons. The maximum Gasteiger partial charge on any atom is 0.172 e. The van der Waals surface area contributed by atoms with Crippen molar-refractivity contribution in [2.75, 3.05) is 47.3 Å². The first-order valence-electron chi connectivity index (χ1n) is 42.0. The maximum absolute atomic E-state index is 14.1. The molecule has 2 spiro atoms. The molecule has 0 aromatic carbocycles. The molecule has 38 unspecified atom stereocenters. The van der Waals surface area contributed by atoms with Crippen molar-refractivity contribution in [3.8, 4) is 0 Å². The lowest BCUT2D eigenvalue weighted by molar-refractivity contribution is -0.292. The van der Waals surface area contributed by atoms with Crippen LogP contribution in [0, 0.1) is 23.7 Å². The molecule has 614 valence electrons. The Hall–Kier alpha value is -2.80. The minimum absolute atomic E-state index is 0.0142. The van der Waals surface area contributed by atoms with Gasteiger partial charge in [0.2, 0.25) is 0 Å². The minimum Gasteiger partial charge on any atom is -0.393 e. The van der Waals surface area contributed by atoms with E-state index in [1.54, 1.807) is 14.2 Å². The van der Waals surface area contributed by atoms with Crippen molar-refractivity contribution in [2.24, 2.45) is 34.5 Å². The molecule has 20 rings (SSSR count). The summed E-state index contributed by atoms with van der Waals surface area (Å²) < 4.78 is 120. The van der Waals surface area contributed by atoms with Gasteiger partial charge in [0.15, 0.2) is 11.6 Å². The molecule has 38 atom stereocenters. The lowest BCUT2D eigenvalue weighted by Gasteiger charge is -2.47. The number of Topliss-reactive ketones (excluding diaryl/α,β-unsaturated/α-hetero) is 2. The highest BCUT2D eigenvalue weighted by Gasteiger charge is 2.71. The highest BCUT2D eigenvalue weighted by atomic mass is 31.1. The second-order valence-electron chi connectivity index (χ2n) is 36.4. The zero-order valence-corrected chi connectivity index (χ0v) is 66.7. The van der Waals surface area contributed by atoms with Crippen LogP contribution in [-0.4, -0.2) is 276 Å². The molecule has 0 aromatic rings. The van der Waals surface area contributed by atoms with E-state index in [2.05, 4.69) is 70.2 Å². The Balaban J connectivity index is 0.000000160. The fourth-order valence-corrected chi connectivity index (χ4v) is 22.7. The summed E-state index contributed by atoms with van der Waals surface area (Å²) in [6.07, 6.45) is 8.58. The van der Waals surface area contributed by atoms with Gasteiger partial charge in [-0.05, 0) is 150 Å². The summed E-state index contributed by atoms with van der Waals surface area (Å²) in [7, 11) is 3.66. The Morgan fingerprint density at radius 1 is 0.473 bits per heavy atom. The molecular formula is C83H125N4O22P. The van der Waals surface area contributed by atoms with Crippen molar-refractivity contribution in [1.29, 1.82) is 0 Å². The summed E-state index contributed by atoms with van der Waals surface area (Å²) in [4.78, 5) is 31.0. The van der Waals surface area contributed by atoms with Crippen molar-refractivity contribution in [3.63, 3.8) is 0 Å². The van der Waals surface area contributed by atoms with Gasteiger partial charge in [0.25, 0.3) is 0 Å². The van der Waals surface area contributed by atoms with Crippen molar-refractivity contribution >= 4 is 19.5 Å². The minimum atomic E-state index is -0.908. The third-order valence-corrected chi connectivity index (χ3v) is 28.0. The molecule has 20 aliphatic rings. The van der Waals surface area contributed by atoms with E-state index < -0.39 is 42.1 Å². The molecule has 24 bridgehead atoms. The van der Waals surface area contributed by atoms with E-state index in [1.165, 1.54) is 0 Å². The average Bonchev–Trinajstić information content (AvgIpc) is 1.55. The van der Waals surface area contributed by atoms with Crippen molar-refractivity contribution in [1.82, 2.24) is 0 Å². The molecule has 0 saturated carbocycles. The van der Waals surface area contributed by atoms with Gasteiger partial charge in [-0.3, -0.25) is 9.59 Å². The zero-order chi connectivity index (χ0) is 76.8. The summed E-state index contributed by atoms with van der Waals surface area (Å²) in [5.41, 5.74) is 19.0. The molecule has 0 amide bonds. The number of rotatable bonds is 9. The number of fused-ring (bicyclic) bond motifs is 12. The van der Waals surface area contributed by atoms with Crippen LogP contribution in [-0.2, 0) is 94.9 Å². The second-order valence-corrected chi connectivity index (χ2v) is 39.1. The standard InChI is InChI=1S/C40H57N3O11.C40H59NO11.C3H9P/c1-19-11-24-5-7-28-20(2)12-26(47-28)9-10-40-17-33-36(53-40)37-38(52-33)39(54-40)35-29(51-37)8-6-25(49-35)13-22(44)14-27-31(16-30(48-24)21(19)3)50-32(34(27)46-4)15-23(45)18-42-43-41;1-19-11-24-5-7-28-20(2)12-26(45-28)9-10-40-17-33-36(51-40)37-38(50-33)39(52-40)35-29(49-37)8-6-25(47-35)13-22(42)14-27-31(16-30(46-24)21(19)3)48-32(34(27)44-4)15-23(43)18-41;1-4(2)3/h19,23-39,45H,2-3,5-18H2,1,4H3;19,23-39,43H,2-3,5-18,41H2,1,4H3;1-3H3. The Kier molecular flexibility index (Phi) is 25.0. The second kappa shape index (κ2) is 33.9. The van der Waals surface area contributed by atoms with E-state index in [-0.39, 0.29) is 245 Å². The van der Waals surface area contributed by atoms with Crippen LogP contribution in [0.3, 0.4) is 0 Å². The molecule has 20 aliphatic heterocycles. The monoisotopic (exact) mass is 1560 g/mol. The third kappa shape index (κ3) is 16.7. The highest BCUT2D eigenvalue weighted by Crippen LogP contribution is 2.57. The summed E-state index contributed by atoms with van der Waals surface area (Å²) in [5, 5.41) is 24.8. The van der Waals surface area contributed by atoms with Gasteiger partial charge in [0.1, 0.15) is 72.6 Å². The summed E-state index contributed by atoms with van der Waals surface area (Å²) in [6, 6.07) is 0. The first-order chi connectivity index (χ1) is 52.9. The molecule has 110 heavy (non-hydrogen) atoms. The number of ether oxygens (including phenoxy) is 18. The van der Waals surface area contributed by atoms with E-state index in [1.807, 2.05) is 0 Å². The Morgan fingerprint density at radius 2 is 0.864 bits per heavy atom. The van der Waals surface area contributed by atoms with Gasteiger partial charge in [-0.25, -0.2) is 0 Å². The molecule has 20 fully saturated rings. The molecular weight excluding hydrogens is 1440 g/mol. The number of aliphatic hydroxyl groups is 2. The van der Waals surface area contributed by atoms with Crippen molar-refractivity contribution < 1.29 is 105 Å². The largest absolute Gasteiger partial charge is 0.393 e. The number of nitrogens with zero attached hydrogens (tertiary/aromatic N) is 3. The zero-order valence-electron chi connectivity index (χ0n) is 65.8. The van der Waals surface area contributed by atoms with Crippen LogP contribution < -0.4 is 5.73 Å². The fourth-order valence-electron chi connectivity index (χ4n) is 22.7. The highest BCUT2D eigenvalue weighted by molar-refractivity contribution is 7.55. The molecule has 20 saturated heterocycles. The van der Waals surface area contributed by atoms with Gasteiger partial charge in [0.05, 0.1) is 141 Å². The Labute approximate surface area is 650 Å². The van der Waals surface area contributed by atoms with Gasteiger partial charge in [0, 0.05) is 115 Å². The van der Waals surface area contributed by atoms with E-state index in [9.17, 15) is 19.8 Å². The Morgan fingerprint density at radius 3 is 1.29 bits per heavy atom. The van der Waals surface area contributed by atoms with Crippen molar-refractivity contribution in [3.05, 3.63) is 59.1 Å². The van der Waals surface area contributed by atoms with Crippen LogP contribution >= 0.6 is 7.92 Å². The molecule has 20 heterocycles. The van der Waals surface area contributed by atoms with Crippen LogP contribution in [0.4, 0.5) is 0 Å². The first kappa shape index (κ1) is 81.0. The molecule has 0 aromatic heterocycles. The van der Waals surface area contributed by atoms with E-state index in [4.69, 9.17) is 96.5 Å². The van der Waals surface area contributed by atoms with Gasteiger partial charge in [-0.15, -0.1) is 7.92 Å². The van der Waals surface area contributed by atoms with Crippen LogP contribution in [0.15, 0.2) is 53.7 Å². The summed E-state index contributed by atoms with van der Waals surface area (Å²) in [6.45, 7) is 29.0. The average molecular weight is 1560 g/mol. The van der Waals surface area contributed by atoms with E-state index in [0.717, 1.165) is 106 Å². The normalized spacial score (nSPS) is 50.0. The number of carbonyl (C=O) groups excluding carboxylic acids is 2. The number of hydrogen-bond acceptors (Lipinski definition) is 24. The van der Waals surface area contributed by atoms with E-state index in [0.29, 0.717) is 59.3 Å². The topological polar surface area (TPSA) is 316 Å². The molecule has 0 aliphatic carbocycles. The molecule has 26 nitrogen and oxygen atoms in total. The number of hydrogen-bond donors (Lipinski definition) is 3. The maximum atomic E-state index is 14.1. The lowest BCUT2D eigenvalue weighted by Crippen LogP contribution is -2.61. The molecule has 4 N–H and O–H groups in total. The van der Waals surface area contributed by atoms with Crippen LogP contribution in [0.5, 0.6) is 0 Å². The number of nitrogens with two attached hydrogens (primary N) is 1. The van der Waals surface area contributed by atoms with Gasteiger partial charge in [-0.2, -0.15) is 0 Å². The predicted octanol–water partition coefficient (Wildman–Crippen LogP) is 9.59. The number of methoxy groups -OCH3 is 2. The van der Waals surface area contributed by atoms with Crippen LogP contribution in [0.1, 0.15) is 181 Å². The number of aliphatic hydroxyl groups excluding tert-OH is 2. The van der Waals surface area contributed by atoms with Crippen LogP contribution in [0.2, 0.25) is 0 Å². The molecule has 27 heteroatoms. The SMILES string of the molecule is C=C1CC2CCC34CC5OC6C(OC7CCC(CC(=O)CC8C(CC9OC(CCC1O2)CC(C)C9=C)OC(CC(O)CN)C8OC)OC7C6O3)C5O4.C=C1CC2CCC34CC5OC6C(OC7CCC(CC(=O)CC8C(CC9OC(CCC1O2)CC(C)C9=C)OC(CC(O)CN=[N+]=[N-])C8OC)OC7C6O3)C5O4.CP(C)C. The summed E-state index contributed by atoms with van der Waals surface area (Å²) in [5.74, 6) is -1.39. The van der Waals surface area contributed by atoms with E-state index >= 15 is 0 Å². The fraction of sp³-hybridized carbons (Fsp3) is 0.880. The third-order valence-electron chi connectivity index (χ3n) is 28.0. The van der Waals surface area contributed by atoms with Gasteiger partial charge in [-0.1, -0.05) is 45.3 Å². The van der Waals surface area contributed by atoms with Gasteiger partial charge < -0.3 is 101 Å². The lowest BCUT2D eigenvalue weighted by atomic mass is 9.81. The smallest absolute Gasteiger partial charge is 0.172 e. The Bertz CT molecular complexity index is 3370. The number of carbonyl (C=O) groups is 2. The van der Waals surface area contributed by atoms with Gasteiger partial charge >= 0.3 is 0 Å². The van der Waals surface area contributed by atoms with Crippen LogP contribution in [0.25, 0.3) is 10.4 Å². The predicted molar refractivity (Wildman–Crippen MR) is 402 cm³/mol. The number of azide groups is 1.